The molecular weight excluding hydrogens is 214 g/mol. The molecule has 4 N–H and O–H groups in total. The predicted molar refractivity (Wildman–Crippen MR) is 67.2 cm³/mol. The van der Waals surface area contributed by atoms with Gasteiger partial charge in [-0.2, -0.15) is 4.52 Å². The molecule has 0 aliphatic carbocycles. The van der Waals surface area contributed by atoms with E-state index in [4.69, 9.17) is 11.5 Å². The molecule has 3 aromatic rings. The van der Waals surface area contributed by atoms with E-state index in [9.17, 15) is 0 Å². The number of hydrogen-bond acceptors (Lipinski definition) is 4. The smallest absolute Gasteiger partial charge is 0.182 e. The molecule has 2 heterocycles. The molecule has 17 heavy (non-hydrogen) atoms. The first-order chi connectivity index (χ1) is 8.24. The van der Waals surface area contributed by atoms with Crippen LogP contribution in [0.1, 0.15) is 0 Å². The fraction of sp³-hybridized carbons (Fsp3) is 0. The van der Waals surface area contributed by atoms with Crippen molar-refractivity contribution in [2.75, 3.05) is 11.5 Å². The Hall–Kier alpha value is -2.56. The Kier molecular flexibility index (Phi) is 1.98. The molecule has 1 aromatic carbocycles. The second-order valence-electron chi connectivity index (χ2n) is 3.78. The van der Waals surface area contributed by atoms with Crippen LogP contribution in [0.5, 0.6) is 0 Å². The second-order valence-corrected chi connectivity index (χ2v) is 3.78. The maximum absolute atomic E-state index is 5.81. The van der Waals surface area contributed by atoms with Crippen LogP contribution in [0.25, 0.3) is 17.0 Å². The minimum absolute atomic E-state index is 0.560. The lowest BCUT2D eigenvalue weighted by Crippen LogP contribution is -1.97. The molecular formula is C12H11N5. The summed E-state index contributed by atoms with van der Waals surface area (Å²) in [5.41, 5.74) is 13.8. The first-order valence-electron chi connectivity index (χ1n) is 5.21. The summed E-state index contributed by atoms with van der Waals surface area (Å²) in [6.45, 7) is 0. The molecule has 0 fully saturated rings. The normalized spacial score (nSPS) is 10.8. The number of hydrogen-bond donors (Lipinski definition) is 2. The van der Waals surface area contributed by atoms with Gasteiger partial charge in [-0.15, -0.1) is 5.10 Å². The number of pyridine rings is 1. The largest absolute Gasteiger partial charge is 0.399 e. The van der Waals surface area contributed by atoms with Gasteiger partial charge in [-0.1, -0.05) is 18.2 Å². The van der Waals surface area contributed by atoms with Gasteiger partial charge >= 0.3 is 0 Å². The molecule has 0 radical (unpaired) electrons. The van der Waals surface area contributed by atoms with Gasteiger partial charge < -0.3 is 11.5 Å². The maximum Gasteiger partial charge on any atom is 0.182 e. The quantitative estimate of drug-likeness (QED) is 0.616. The Labute approximate surface area is 97.7 Å². The van der Waals surface area contributed by atoms with Crippen LogP contribution in [0.4, 0.5) is 11.5 Å². The van der Waals surface area contributed by atoms with Gasteiger partial charge in [-0.25, -0.2) is 4.98 Å². The van der Waals surface area contributed by atoms with Crippen molar-refractivity contribution >= 4 is 17.2 Å². The predicted octanol–water partition coefficient (Wildman–Crippen LogP) is 1.56. The van der Waals surface area contributed by atoms with E-state index in [0.29, 0.717) is 17.3 Å². The second kappa shape index (κ2) is 3.48. The number of rotatable bonds is 1. The molecule has 5 heteroatoms. The van der Waals surface area contributed by atoms with E-state index in [1.54, 1.807) is 10.6 Å². The lowest BCUT2D eigenvalue weighted by atomic mass is 10.2. The van der Waals surface area contributed by atoms with Crippen molar-refractivity contribution in [3.8, 4) is 11.4 Å². The van der Waals surface area contributed by atoms with Gasteiger partial charge in [0.2, 0.25) is 0 Å². The average Bonchev–Trinajstić information content (AvgIpc) is 2.74. The van der Waals surface area contributed by atoms with E-state index >= 15 is 0 Å². The Balaban J connectivity index is 2.22. The maximum atomic E-state index is 5.81. The number of nitrogen functional groups attached to an aromatic ring is 2. The van der Waals surface area contributed by atoms with Crippen molar-refractivity contribution in [1.29, 1.82) is 0 Å². The summed E-state index contributed by atoms with van der Waals surface area (Å²) < 4.78 is 1.61. The molecule has 84 valence electrons. The highest BCUT2D eigenvalue weighted by atomic mass is 15.3. The number of nitrogens with zero attached hydrogens (tertiary/aromatic N) is 3. The number of aromatic nitrogens is 3. The Morgan fingerprint density at radius 3 is 2.59 bits per heavy atom. The zero-order valence-corrected chi connectivity index (χ0v) is 9.04. The third-order valence-electron chi connectivity index (χ3n) is 2.53. The molecule has 5 nitrogen and oxygen atoms in total. The van der Waals surface area contributed by atoms with Crippen LogP contribution in [0.3, 0.4) is 0 Å². The molecule has 0 atom stereocenters. The van der Waals surface area contributed by atoms with Gasteiger partial charge in [0.25, 0.3) is 0 Å². The fourth-order valence-corrected chi connectivity index (χ4v) is 1.73. The van der Waals surface area contributed by atoms with Gasteiger partial charge in [0.1, 0.15) is 5.82 Å². The molecule has 0 unspecified atom stereocenters. The highest BCUT2D eigenvalue weighted by molar-refractivity contribution is 5.63. The molecule has 0 bridgehead atoms. The molecule has 2 aromatic heterocycles. The topological polar surface area (TPSA) is 82.2 Å². The van der Waals surface area contributed by atoms with Gasteiger partial charge in [0.05, 0.1) is 0 Å². The van der Waals surface area contributed by atoms with Crippen LogP contribution in [-0.2, 0) is 0 Å². The van der Waals surface area contributed by atoms with Crippen molar-refractivity contribution < 1.29 is 0 Å². The monoisotopic (exact) mass is 225 g/mol. The summed E-state index contributed by atoms with van der Waals surface area (Å²) in [4.78, 5) is 4.40. The summed E-state index contributed by atoms with van der Waals surface area (Å²) in [6, 6.07) is 13.0. The Morgan fingerprint density at radius 1 is 1.00 bits per heavy atom. The van der Waals surface area contributed by atoms with Gasteiger partial charge in [-0.05, 0) is 24.3 Å². The lowest BCUT2D eigenvalue weighted by molar-refractivity contribution is 0.978. The molecule has 0 aliphatic heterocycles. The average molecular weight is 225 g/mol. The van der Waals surface area contributed by atoms with Crippen LogP contribution >= 0.6 is 0 Å². The highest BCUT2D eigenvalue weighted by Crippen LogP contribution is 2.19. The molecule has 0 saturated carbocycles. The number of benzene rings is 1. The number of fused-ring (bicyclic) bond motifs is 1. The lowest BCUT2D eigenvalue weighted by Gasteiger charge is -1.96. The fourth-order valence-electron chi connectivity index (χ4n) is 1.73. The summed E-state index contributed by atoms with van der Waals surface area (Å²) >= 11 is 0. The van der Waals surface area contributed by atoms with Crippen LogP contribution in [0, 0.1) is 0 Å². The van der Waals surface area contributed by atoms with Crippen LogP contribution in [-0.4, -0.2) is 14.6 Å². The van der Waals surface area contributed by atoms with Crippen LogP contribution < -0.4 is 11.5 Å². The molecule has 3 rings (SSSR count). The SMILES string of the molecule is Nc1cccc(-c2nc3cccc(N)n3n2)c1. The molecule has 0 spiro atoms. The van der Waals surface area contributed by atoms with Gasteiger partial charge in [-0.3, -0.25) is 0 Å². The molecule has 0 amide bonds. The highest BCUT2D eigenvalue weighted by Gasteiger charge is 2.07. The van der Waals surface area contributed by atoms with E-state index in [1.807, 2.05) is 36.4 Å². The third kappa shape index (κ3) is 1.57. The standard InChI is InChI=1S/C12H11N5/c13-9-4-1-3-8(7-9)12-15-11-6-2-5-10(14)17(11)16-12/h1-7H,13-14H2. The zero-order valence-electron chi connectivity index (χ0n) is 9.04. The molecule has 0 saturated heterocycles. The zero-order chi connectivity index (χ0) is 11.8. The summed E-state index contributed by atoms with van der Waals surface area (Å²) in [5.74, 6) is 1.18. The van der Waals surface area contributed by atoms with E-state index in [-0.39, 0.29) is 0 Å². The number of nitrogens with two attached hydrogens (primary N) is 2. The van der Waals surface area contributed by atoms with E-state index in [1.165, 1.54) is 0 Å². The Morgan fingerprint density at radius 2 is 1.82 bits per heavy atom. The summed E-state index contributed by atoms with van der Waals surface area (Å²) in [7, 11) is 0. The van der Waals surface area contributed by atoms with Crippen molar-refractivity contribution in [1.82, 2.24) is 14.6 Å². The van der Waals surface area contributed by atoms with Crippen molar-refractivity contribution in [3.05, 3.63) is 42.5 Å². The third-order valence-corrected chi connectivity index (χ3v) is 2.53. The first kappa shape index (κ1) is 9.65. The summed E-state index contributed by atoms with van der Waals surface area (Å²) in [6.07, 6.45) is 0. The van der Waals surface area contributed by atoms with Crippen molar-refractivity contribution in [2.24, 2.45) is 0 Å². The summed E-state index contributed by atoms with van der Waals surface area (Å²) in [5, 5.41) is 4.35. The minimum Gasteiger partial charge on any atom is -0.399 e. The minimum atomic E-state index is 0.560. The first-order valence-corrected chi connectivity index (χ1v) is 5.21. The van der Waals surface area contributed by atoms with Crippen molar-refractivity contribution in [3.63, 3.8) is 0 Å². The van der Waals surface area contributed by atoms with Crippen LogP contribution in [0.2, 0.25) is 0 Å². The van der Waals surface area contributed by atoms with Gasteiger partial charge in [0, 0.05) is 11.3 Å². The van der Waals surface area contributed by atoms with E-state index in [0.717, 1.165) is 11.2 Å². The van der Waals surface area contributed by atoms with E-state index in [2.05, 4.69) is 10.1 Å². The van der Waals surface area contributed by atoms with E-state index < -0.39 is 0 Å². The molecule has 0 aliphatic rings. The van der Waals surface area contributed by atoms with Gasteiger partial charge in [0.15, 0.2) is 11.5 Å². The van der Waals surface area contributed by atoms with Crippen molar-refractivity contribution in [2.45, 2.75) is 0 Å². The van der Waals surface area contributed by atoms with Crippen LogP contribution in [0.15, 0.2) is 42.5 Å². The number of anilines is 2. The Bertz CT molecular complexity index is 686.